The minimum atomic E-state index is -0.318. The standard InChI is InChI=1S/C16H24N2O2/c1-15(2)9-12(10-16(3,4)11-15)17-13-7-5-6-8-14(13)18(19)20/h5-8,12,17H,9-11H2,1-4H3. The van der Waals surface area contributed by atoms with Crippen LogP contribution in [0.25, 0.3) is 0 Å². The highest BCUT2D eigenvalue weighted by molar-refractivity contribution is 5.61. The predicted molar refractivity (Wildman–Crippen MR) is 81.9 cm³/mol. The summed E-state index contributed by atoms with van der Waals surface area (Å²) in [6.45, 7) is 9.12. The van der Waals surface area contributed by atoms with E-state index in [9.17, 15) is 10.1 Å². The maximum absolute atomic E-state index is 11.1. The number of nitrogens with zero attached hydrogens (tertiary/aromatic N) is 1. The van der Waals surface area contributed by atoms with Crippen molar-refractivity contribution in [2.45, 2.75) is 53.0 Å². The number of nitrogens with one attached hydrogen (secondary N) is 1. The number of nitro benzene ring substituents is 1. The van der Waals surface area contributed by atoms with Crippen LogP contribution in [0.4, 0.5) is 11.4 Å². The molecule has 2 rings (SSSR count). The highest BCUT2D eigenvalue weighted by atomic mass is 16.6. The predicted octanol–water partition coefficient (Wildman–Crippen LogP) is 4.61. The van der Waals surface area contributed by atoms with Crippen LogP contribution in [0.3, 0.4) is 0 Å². The van der Waals surface area contributed by atoms with E-state index in [4.69, 9.17) is 0 Å². The second-order valence-corrected chi connectivity index (χ2v) is 7.53. The van der Waals surface area contributed by atoms with Gasteiger partial charge < -0.3 is 5.32 Å². The van der Waals surface area contributed by atoms with Gasteiger partial charge in [0, 0.05) is 12.1 Å². The molecule has 1 fully saturated rings. The van der Waals surface area contributed by atoms with Gasteiger partial charge in [-0.2, -0.15) is 0 Å². The number of anilines is 1. The van der Waals surface area contributed by atoms with Crippen LogP contribution in [0, 0.1) is 20.9 Å². The Kier molecular flexibility index (Phi) is 3.76. The summed E-state index contributed by atoms with van der Waals surface area (Å²) < 4.78 is 0. The van der Waals surface area contributed by atoms with E-state index in [2.05, 4.69) is 33.0 Å². The Hall–Kier alpha value is -1.58. The summed E-state index contributed by atoms with van der Waals surface area (Å²) in [6.07, 6.45) is 3.28. The van der Waals surface area contributed by atoms with Gasteiger partial charge in [-0.1, -0.05) is 39.8 Å². The Balaban J connectivity index is 2.20. The van der Waals surface area contributed by atoms with Crippen molar-refractivity contribution in [3.63, 3.8) is 0 Å². The molecule has 0 spiro atoms. The molecular formula is C16H24N2O2. The van der Waals surface area contributed by atoms with E-state index < -0.39 is 0 Å². The van der Waals surface area contributed by atoms with Crippen molar-refractivity contribution in [3.8, 4) is 0 Å². The van der Waals surface area contributed by atoms with Crippen molar-refractivity contribution in [2.24, 2.45) is 10.8 Å². The molecule has 0 radical (unpaired) electrons. The molecule has 0 heterocycles. The SMILES string of the molecule is CC1(C)CC(Nc2ccccc2[N+](=O)[O-])CC(C)(C)C1. The van der Waals surface area contributed by atoms with Crippen LogP contribution in [0.15, 0.2) is 24.3 Å². The minimum Gasteiger partial charge on any atom is -0.377 e. The Morgan fingerprint density at radius 2 is 1.70 bits per heavy atom. The summed E-state index contributed by atoms with van der Waals surface area (Å²) in [7, 11) is 0. The van der Waals surface area contributed by atoms with E-state index in [-0.39, 0.29) is 27.5 Å². The molecule has 0 saturated heterocycles. The van der Waals surface area contributed by atoms with Gasteiger partial charge >= 0.3 is 0 Å². The molecule has 20 heavy (non-hydrogen) atoms. The van der Waals surface area contributed by atoms with Gasteiger partial charge in [0.1, 0.15) is 5.69 Å². The van der Waals surface area contributed by atoms with E-state index in [1.54, 1.807) is 18.2 Å². The smallest absolute Gasteiger partial charge is 0.292 e. The molecule has 0 amide bonds. The third kappa shape index (κ3) is 3.50. The molecule has 1 saturated carbocycles. The number of hydrogen-bond acceptors (Lipinski definition) is 3. The number of para-hydroxylation sites is 2. The van der Waals surface area contributed by atoms with Crippen LogP contribution < -0.4 is 5.32 Å². The summed E-state index contributed by atoms with van der Waals surface area (Å²) in [6, 6.07) is 7.19. The van der Waals surface area contributed by atoms with Crippen LogP contribution in [0.2, 0.25) is 0 Å². The van der Waals surface area contributed by atoms with Crippen LogP contribution in [-0.4, -0.2) is 11.0 Å². The maximum Gasteiger partial charge on any atom is 0.292 e. The summed E-state index contributed by atoms with van der Waals surface area (Å²) in [5.74, 6) is 0. The van der Waals surface area contributed by atoms with Gasteiger partial charge in [0.15, 0.2) is 0 Å². The lowest BCUT2D eigenvalue weighted by atomic mass is 9.63. The Morgan fingerprint density at radius 1 is 1.15 bits per heavy atom. The van der Waals surface area contributed by atoms with Gasteiger partial charge in [-0.05, 0) is 36.2 Å². The van der Waals surface area contributed by atoms with Crippen molar-refractivity contribution < 1.29 is 4.92 Å². The molecule has 1 aromatic rings. The van der Waals surface area contributed by atoms with E-state index in [1.807, 2.05) is 6.07 Å². The average Bonchev–Trinajstić information content (AvgIpc) is 2.24. The maximum atomic E-state index is 11.1. The topological polar surface area (TPSA) is 55.2 Å². The number of benzene rings is 1. The fraction of sp³-hybridized carbons (Fsp3) is 0.625. The summed E-state index contributed by atoms with van der Waals surface area (Å²) in [4.78, 5) is 10.8. The molecule has 1 aliphatic carbocycles. The molecule has 1 aliphatic rings. The van der Waals surface area contributed by atoms with Crippen molar-refractivity contribution in [2.75, 3.05) is 5.32 Å². The molecule has 0 aromatic heterocycles. The Labute approximate surface area is 120 Å². The monoisotopic (exact) mass is 276 g/mol. The van der Waals surface area contributed by atoms with Gasteiger partial charge in [0.05, 0.1) is 4.92 Å². The van der Waals surface area contributed by atoms with Crippen molar-refractivity contribution >= 4 is 11.4 Å². The van der Waals surface area contributed by atoms with E-state index in [0.29, 0.717) is 5.69 Å². The minimum absolute atomic E-state index is 0.161. The van der Waals surface area contributed by atoms with Gasteiger partial charge in [-0.3, -0.25) is 10.1 Å². The summed E-state index contributed by atoms with van der Waals surface area (Å²) in [5, 5.41) is 14.5. The zero-order chi connectivity index (χ0) is 15.0. The molecule has 4 heteroatoms. The van der Waals surface area contributed by atoms with Crippen LogP contribution in [0.1, 0.15) is 47.0 Å². The lowest BCUT2D eigenvalue weighted by Gasteiger charge is -2.45. The third-order valence-electron chi connectivity index (χ3n) is 4.02. The van der Waals surface area contributed by atoms with Gasteiger partial charge in [-0.15, -0.1) is 0 Å². The van der Waals surface area contributed by atoms with Gasteiger partial charge in [-0.25, -0.2) is 0 Å². The molecule has 0 bridgehead atoms. The van der Waals surface area contributed by atoms with Crippen molar-refractivity contribution in [1.29, 1.82) is 0 Å². The third-order valence-corrected chi connectivity index (χ3v) is 4.02. The first-order valence-corrected chi connectivity index (χ1v) is 7.19. The first-order valence-electron chi connectivity index (χ1n) is 7.19. The summed E-state index contributed by atoms with van der Waals surface area (Å²) in [5.41, 5.74) is 1.33. The molecule has 1 N–H and O–H groups in total. The Morgan fingerprint density at radius 3 is 2.25 bits per heavy atom. The van der Waals surface area contributed by atoms with Crippen LogP contribution >= 0.6 is 0 Å². The van der Waals surface area contributed by atoms with Crippen LogP contribution in [0.5, 0.6) is 0 Å². The zero-order valence-corrected chi connectivity index (χ0v) is 12.8. The quantitative estimate of drug-likeness (QED) is 0.647. The van der Waals surface area contributed by atoms with Crippen LogP contribution in [-0.2, 0) is 0 Å². The first kappa shape index (κ1) is 14.8. The lowest BCUT2D eigenvalue weighted by molar-refractivity contribution is -0.384. The second kappa shape index (κ2) is 5.08. The van der Waals surface area contributed by atoms with Crippen molar-refractivity contribution in [3.05, 3.63) is 34.4 Å². The highest BCUT2D eigenvalue weighted by Crippen LogP contribution is 2.46. The molecule has 1 aromatic carbocycles. The second-order valence-electron chi connectivity index (χ2n) is 7.53. The lowest BCUT2D eigenvalue weighted by Crippen LogP contribution is -2.40. The van der Waals surface area contributed by atoms with E-state index >= 15 is 0 Å². The fourth-order valence-electron chi connectivity index (χ4n) is 3.92. The molecule has 0 atom stereocenters. The molecule has 4 nitrogen and oxygen atoms in total. The summed E-state index contributed by atoms with van der Waals surface area (Å²) >= 11 is 0. The van der Waals surface area contributed by atoms with Gasteiger partial charge in [0.2, 0.25) is 0 Å². The molecule has 0 aliphatic heterocycles. The van der Waals surface area contributed by atoms with E-state index in [1.165, 1.54) is 6.42 Å². The average molecular weight is 276 g/mol. The first-order chi connectivity index (χ1) is 9.19. The highest BCUT2D eigenvalue weighted by Gasteiger charge is 2.38. The van der Waals surface area contributed by atoms with E-state index in [0.717, 1.165) is 12.8 Å². The Bertz CT molecular complexity index is 493. The number of rotatable bonds is 3. The largest absolute Gasteiger partial charge is 0.377 e. The number of hydrogen-bond donors (Lipinski definition) is 1. The van der Waals surface area contributed by atoms with Crippen molar-refractivity contribution in [1.82, 2.24) is 0 Å². The normalized spacial score (nSPS) is 21.4. The zero-order valence-electron chi connectivity index (χ0n) is 12.8. The van der Waals surface area contributed by atoms with Gasteiger partial charge in [0.25, 0.3) is 5.69 Å². The molecule has 110 valence electrons. The molecule has 0 unspecified atom stereocenters. The number of nitro groups is 1. The molecular weight excluding hydrogens is 252 g/mol. The fourth-order valence-corrected chi connectivity index (χ4v) is 3.92.